The fraction of sp³-hybridized carbons (Fsp3) is 0.200. The molecule has 8 heteroatoms. The van der Waals surface area contributed by atoms with Gasteiger partial charge in [-0.3, -0.25) is 5.10 Å². The topological polar surface area (TPSA) is 90.0 Å². The number of hydrogen-bond acceptors (Lipinski definition) is 3. The van der Waals surface area contributed by atoms with Crippen molar-refractivity contribution in [2.24, 2.45) is 0 Å². The van der Waals surface area contributed by atoms with Gasteiger partial charge in [0.15, 0.2) is 0 Å². The van der Waals surface area contributed by atoms with Gasteiger partial charge < -0.3 is 15.7 Å². The lowest BCUT2D eigenvalue weighted by molar-refractivity contribution is 0.129. The van der Waals surface area contributed by atoms with Gasteiger partial charge >= 0.3 is 6.03 Å². The van der Waals surface area contributed by atoms with Gasteiger partial charge in [0, 0.05) is 12.7 Å². The molecule has 2 amide bonds. The molecule has 3 aromatic rings. The molecule has 0 spiro atoms. The van der Waals surface area contributed by atoms with Crippen LogP contribution in [0.1, 0.15) is 24.2 Å². The second-order valence-corrected chi connectivity index (χ2v) is 6.36. The van der Waals surface area contributed by atoms with Gasteiger partial charge in [-0.25, -0.2) is 13.6 Å². The van der Waals surface area contributed by atoms with Crippen LogP contribution in [0.5, 0.6) is 0 Å². The van der Waals surface area contributed by atoms with Crippen molar-refractivity contribution in [3.05, 3.63) is 77.5 Å². The van der Waals surface area contributed by atoms with Crippen molar-refractivity contribution >= 4 is 6.03 Å². The van der Waals surface area contributed by atoms with Crippen molar-refractivity contribution in [1.29, 1.82) is 0 Å². The quantitative estimate of drug-likeness (QED) is 0.524. The van der Waals surface area contributed by atoms with Crippen LogP contribution in [0.2, 0.25) is 0 Å². The molecule has 0 saturated heterocycles. The average Bonchev–Trinajstić information content (AvgIpc) is 3.21. The number of aliphatic hydroxyl groups excluding tert-OH is 1. The van der Waals surface area contributed by atoms with E-state index in [9.17, 15) is 18.7 Å². The highest BCUT2D eigenvalue weighted by Gasteiger charge is 2.24. The Hall–Kier alpha value is -3.26. The van der Waals surface area contributed by atoms with Gasteiger partial charge in [0.25, 0.3) is 0 Å². The molecular formula is C20H20F2N4O2. The van der Waals surface area contributed by atoms with Gasteiger partial charge in [0.05, 0.1) is 17.3 Å². The van der Waals surface area contributed by atoms with E-state index in [0.717, 1.165) is 29.0 Å². The maximum absolute atomic E-state index is 13.8. The Morgan fingerprint density at radius 3 is 2.43 bits per heavy atom. The smallest absolute Gasteiger partial charge is 0.315 e. The SMILES string of the molecule is CC(NC(=O)NCc1ccc(-c2ccn[nH]2)cc1)C(O)c1c(F)cccc1F. The average molecular weight is 386 g/mol. The van der Waals surface area contributed by atoms with E-state index in [1.807, 2.05) is 30.3 Å². The molecule has 2 aromatic carbocycles. The van der Waals surface area contributed by atoms with Gasteiger partial charge in [-0.1, -0.05) is 30.3 Å². The maximum atomic E-state index is 13.8. The molecule has 28 heavy (non-hydrogen) atoms. The highest BCUT2D eigenvalue weighted by atomic mass is 19.1. The number of H-pyrrole nitrogens is 1. The van der Waals surface area contributed by atoms with Crippen molar-refractivity contribution < 1.29 is 18.7 Å². The number of aromatic nitrogens is 2. The summed E-state index contributed by atoms with van der Waals surface area (Å²) in [6.07, 6.45) is 0.151. The van der Waals surface area contributed by atoms with Crippen molar-refractivity contribution in [1.82, 2.24) is 20.8 Å². The number of benzene rings is 2. The van der Waals surface area contributed by atoms with E-state index in [0.29, 0.717) is 0 Å². The molecular weight excluding hydrogens is 366 g/mol. The number of urea groups is 1. The van der Waals surface area contributed by atoms with Gasteiger partial charge in [-0.2, -0.15) is 5.10 Å². The van der Waals surface area contributed by atoms with Gasteiger partial charge in [-0.05, 0) is 36.2 Å². The molecule has 0 fully saturated rings. The minimum atomic E-state index is -1.51. The fourth-order valence-electron chi connectivity index (χ4n) is 2.78. The summed E-state index contributed by atoms with van der Waals surface area (Å²) in [5.41, 5.74) is 2.26. The maximum Gasteiger partial charge on any atom is 0.315 e. The number of carbonyl (C=O) groups excluding carboxylic acids is 1. The van der Waals surface area contributed by atoms with Crippen LogP contribution in [0.4, 0.5) is 13.6 Å². The van der Waals surface area contributed by atoms with Crippen LogP contribution in [-0.4, -0.2) is 27.4 Å². The fourth-order valence-corrected chi connectivity index (χ4v) is 2.78. The Morgan fingerprint density at radius 1 is 1.14 bits per heavy atom. The molecule has 146 valence electrons. The van der Waals surface area contributed by atoms with Crippen LogP contribution >= 0.6 is 0 Å². The molecule has 0 bridgehead atoms. The van der Waals surface area contributed by atoms with Crippen molar-refractivity contribution in [2.45, 2.75) is 25.6 Å². The zero-order valence-corrected chi connectivity index (χ0v) is 15.1. The molecule has 4 N–H and O–H groups in total. The second-order valence-electron chi connectivity index (χ2n) is 6.36. The summed E-state index contributed by atoms with van der Waals surface area (Å²) in [6.45, 7) is 1.72. The third-order valence-corrected chi connectivity index (χ3v) is 4.35. The lowest BCUT2D eigenvalue weighted by Gasteiger charge is -2.21. The first-order chi connectivity index (χ1) is 13.5. The molecule has 0 saturated carbocycles. The van der Waals surface area contributed by atoms with Crippen molar-refractivity contribution in [2.75, 3.05) is 0 Å². The summed E-state index contributed by atoms with van der Waals surface area (Å²) in [6, 6.07) is 11.3. The van der Waals surface area contributed by atoms with E-state index in [1.54, 1.807) is 6.20 Å². The number of rotatable bonds is 6. The summed E-state index contributed by atoms with van der Waals surface area (Å²) in [5.74, 6) is -1.72. The highest BCUT2D eigenvalue weighted by Crippen LogP contribution is 2.23. The molecule has 1 aromatic heterocycles. The molecule has 1 heterocycles. The molecule has 3 rings (SSSR count). The van der Waals surface area contributed by atoms with E-state index >= 15 is 0 Å². The van der Waals surface area contributed by atoms with Gasteiger partial charge in [0.2, 0.25) is 0 Å². The predicted molar refractivity (Wildman–Crippen MR) is 100 cm³/mol. The number of amides is 2. The molecule has 2 atom stereocenters. The minimum absolute atomic E-state index is 0.256. The first-order valence-corrected chi connectivity index (χ1v) is 8.70. The Labute approximate surface area is 160 Å². The summed E-state index contributed by atoms with van der Waals surface area (Å²) in [4.78, 5) is 12.1. The lowest BCUT2D eigenvalue weighted by atomic mass is 10.0. The number of nitrogens with zero attached hydrogens (tertiary/aromatic N) is 1. The van der Waals surface area contributed by atoms with E-state index < -0.39 is 35.4 Å². The minimum Gasteiger partial charge on any atom is -0.386 e. The number of nitrogens with one attached hydrogen (secondary N) is 3. The standard InChI is InChI=1S/C20H20F2N4O2/c1-12(19(27)18-15(21)3-2-4-16(18)22)25-20(28)23-11-13-5-7-14(8-6-13)17-9-10-24-26-17/h2-10,12,19,27H,11H2,1H3,(H,24,26)(H2,23,25,28). The Balaban J connectivity index is 1.54. The number of aliphatic hydroxyl groups is 1. The Kier molecular flexibility index (Phi) is 6.00. The van der Waals surface area contributed by atoms with Crippen LogP contribution in [-0.2, 0) is 6.54 Å². The number of aromatic amines is 1. The van der Waals surface area contributed by atoms with Crippen LogP contribution < -0.4 is 10.6 Å². The van der Waals surface area contributed by atoms with E-state index in [2.05, 4.69) is 20.8 Å². The van der Waals surface area contributed by atoms with E-state index in [4.69, 9.17) is 0 Å². The van der Waals surface area contributed by atoms with Crippen molar-refractivity contribution in [3.8, 4) is 11.3 Å². The summed E-state index contributed by atoms with van der Waals surface area (Å²) >= 11 is 0. The molecule has 0 aliphatic rings. The molecule has 0 aliphatic carbocycles. The third kappa shape index (κ3) is 4.52. The van der Waals surface area contributed by atoms with Crippen molar-refractivity contribution in [3.63, 3.8) is 0 Å². The van der Waals surface area contributed by atoms with Crippen LogP contribution in [0.15, 0.2) is 54.7 Å². The summed E-state index contributed by atoms with van der Waals surface area (Å²) < 4.78 is 27.5. The van der Waals surface area contributed by atoms with Crippen LogP contribution in [0.25, 0.3) is 11.3 Å². The third-order valence-electron chi connectivity index (χ3n) is 4.35. The van der Waals surface area contributed by atoms with E-state index in [1.165, 1.54) is 13.0 Å². The molecule has 2 unspecified atom stereocenters. The molecule has 0 radical (unpaired) electrons. The Morgan fingerprint density at radius 2 is 1.82 bits per heavy atom. The van der Waals surface area contributed by atoms with E-state index in [-0.39, 0.29) is 6.54 Å². The number of halogens is 2. The second kappa shape index (κ2) is 8.62. The number of carbonyl (C=O) groups is 1. The largest absolute Gasteiger partial charge is 0.386 e. The van der Waals surface area contributed by atoms with Gasteiger partial charge in [-0.15, -0.1) is 0 Å². The lowest BCUT2D eigenvalue weighted by Crippen LogP contribution is -2.43. The zero-order chi connectivity index (χ0) is 20.1. The first kappa shape index (κ1) is 19.5. The molecule has 0 aliphatic heterocycles. The van der Waals surface area contributed by atoms with Crippen LogP contribution in [0.3, 0.4) is 0 Å². The molecule has 6 nitrogen and oxygen atoms in total. The van der Waals surface area contributed by atoms with Gasteiger partial charge in [0.1, 0.15) is 17.7 Å². The van der Waals surface area contributed by atoms with Crippen LogP contribution in [0, 0.1) is 11.6 Å². The first-order valence-electron chi connectivity index (χ1n) is 8.70. The normalized spacial score (nSPS) is 13.0. The zero-order valence-electron chi connectivity index (χ0n) is 15.1. The number of hydrogen-bond donors (Lipinski definition) is 4. The summed E-state index contributed by atoms with van der Waals surface area (Å²) in [7, 11) is 0. The monoisotopic (exact) mass is 386 g/mol. The summed E-state index contributed by atoms with van der Waals surface area (Å²) in [5, 5.41) is 22.1. The predicted octanol–water partition coefficient (Wildman–Crippen LogP) is 3.28. The Bertz CT molecular complexity index is 910. The highest BCUT2D eigenvalue weighted by molar-refractivity contribution is 5.74.